The number of aliphatic hydroxyl groups is 1. The van der Waals surface area contributed by atoms with Gasteiger partial charge in [0, 0.05) is 19.7 Å². The predicted octanol–water partition coefficient (Wildman–Crippen LogP) is 1.06. The Labute approximate surface area is 85.8 Å². The van der Waals surface area contributed by atoms with Crippen molar-refractivity contribution >= 4 is 0 Å². The third kappa shape index (κ3) is 1.95. The monoisotopic (exact) mass is 199 g/mol. The van der Waals surface area contributed by atoms with Gasteiger partial charge >= 0.3 is 0 Å². The van der Waals surface area contributed by atoms with Crippen molar-refractivity contribution in [2.75, 3.05) is 13.7 Å². The first kappa shape index (κ1) is 10.4. The number of hydrogen-bond donors (Lipinski definition) is 2. The normalized spacial score (nSPS) is 35.6. The molecule has 0 aromatic heterocycles. The first-order chi connectivity index (χ1) is 6.76. The molecule has 3 nitrogen and oxygen atoms in total. The van der Waals surface area contributed by atoms with E-state index in [9.17, 15) is 5.11 Å². The van der Waals surface area contributed by atoms with Crippen molar-refractivity contribution in [1.29, 1.82) is 0 Å². The lowest BCUT2D eigenvalue weighted by Gasteiger charge is -2.41. The van der Waals surface area contributed by atoms with E-state index in [4.69, 9.17) is 4.74 Å². The van der Waals surface area contributed by atoms with Crippen molar-refractivity contribution < 1.29 is 9.84 Å². The number of rotatable bonds is 4. The van der Waals surface area contributed by atoms with E-state index < -0.39 is 0 Å². The van der Waals surface area contributed by atoms with Crippen LogP contribution in [0.2, 0.25) is 0 Å². The zero-order chi connectivity index (χ0) is 10.0. The van der Waals surface area contributed by atoms with Crippen LogP contribution in [-0.4, -0.2) is 36.5 Å². The standard InChI is InChI=1S/C11H21NO2/c1-14-11(6-3-7-11)8-12-9-4-2-5-10(9)13/h9-10,12-13H,2-8H2,1H3/t9-,10-/m1/s1. The van der Waals surface area contributed by atoms with Crippen LogP contribution in [0.15, 0.2) is 0 Å². The maximum Gasteiger partial charge on any atom is 0.0802 e. The molecule has 2 rings (SSSR count). The minimum atomic E-state index is -0.135. The van der Waals surface area contributed by atoms with Gasteiger partial charge in [0.15, 0.2) is 0 Å². The summed E-state index contributed by atoms with van der Waals surface area (Å²) in [6, 6.07) is 0.308. The van der Waals surface area contributed by atoms with Gasteiger partial charge in [-0.15, -0.1) is 0 Å². The van der Waals surface area contributed by atoms with Crippen LogP contribution in [-0.2, 0) is 4.74 Å². The van der Waals surface area contributed by atoms with Crippen LogP contribution >= 0.6 is 0 Å². The summed E-state index contributed by atoms with van der Waals surface area (Å²) in [5.41, 5.74) is 0.0856. The lowest BCUT2D eigenvalue weighted by Crippen LogP contribution is -2.51. The smallest absolute Gasteiger partial charge is 0.0802 e. The zero-order valence-corrected chi connectivity index (χ0v) is 8.96. The SMILES string of the molecule is COC1(CN[C@@H]2CCC[C@H]2O)CCC1. The van der Waals surface area contributed by atoms with Gasteiger partial charge < -0.3 is 15.2 Å². The molecule has 0 radical (unpaired) electrons. The summed E-state index contributed by atoms with van der Waals surface area (Å²) < 4.78 is 5.52. The van der Waals surface area contributed by atoms with Crippen LogP contribution in [0.25, 0.3) is 0 Å². The highest BCUT2D eigenvalue weighted by Gasteiger charge is 2.38. The number of methoxy groups -OCH3 is 1. The summed E-state index contributed by atoms with van der Waals surface area (Å²) >= 11 is 0. The first-order valence-electron chi connectivity index (χ1n) is 5.72. The molecule has 0 heterocycles. The van der Waals surface area contributed by atoms with Crippen LogP contribution in [0, 0.1) is 0 Å². The topological polar surface area (TPSA) is 41.5 Å². The largest absolute Gasteiger partial charge is 0.392 e. The molecule has 2 saturated carbocycles. The van der Waals surface area contributed by atoms with Crippen molar-refractivity contribution in [3.63, 3.8) is 0 Å². The van der Waals surface area contributed by atoms with Gasteiger partial charge in [0.25, 0.3) is 0 Å². The van der Waals surface area contributed by atoms with Crippen LogP contribution in [0.4, 0.5) is 0 Å². The minimum absolute atomic E-state index is 0.0856. The van der Waals surface area contributed by atoms with E-state index in [-0.39, 0.29) is 11.7 Å². The Kier molecular flexibility index (Phi) is 3.10. The van der Waals surface area contributed by atoms with Crippen LogP contribution in [0.1, 0.15) is 38.5 Å². The third-order valence-corrected chi connectivity index (χ3v) is 3.86. The molecule has 0 aliphatic heterocycles. The van der Waals surface area contributed by atoms with E-state index in [1.165, 1.54) is 19.3 Å². The molecular formula is C11H21NO2. The van der Waals surface area contributed by atoms with Crippen molar-refractivity contribution in [3.05, 3.63) is 0 Å². The molecule has 0 aromatic rings. The molecule has 0 bridgehead atoms. The van der Waals surface area contributed by atoms with Gasteiger partial charge in [0.2, 0.25) is 0 Å². The maximum absolute atomic E-state index is 9.65. The fourth-order valence-electron chi connectivity index (χ4n) is 2.52. The van der Waals surface area contributed by atoms with E-state index >= 15 is 0 Å². The van der Waals surface area contributed by atoms with Crippen molar-refractivity contribution in [1.82, 2.24) is 5.32 Å². The Bertz CT molecular complexity index is 186. The summed E-state index contributed by atoms with van der Waals surface area (Å²) in [5, 5.41) is 13.1. The van der Waals surface area contributed by atoms with E-state index in [0.29, 0.717) is 6.04 Å². The number of nitrogens with one attached hydrogen (secondary N) is 1. The van der Waals surface area contributed by atoms with Gasteiger partial charge in [-0.05, 0) is 38.5 Å². The van der Waals surface area contributed by atoms with Gasteiger partial charge in [-0.25, -0.2) is 0 Å². The highest BCUT2D eigenvalue weighted by Crippen LogP contribution is 2.34. The average molecular weight is 199 g/mol. The number of ether oxygens (including phenoxy) is 1. The van der Waals surface area contributed by atoms with Crippen molar-refractivity contribution in [2.45, 2.75) is 56.3 Å². The minimum Gasteiger partial charge on any atom is -0.392 e. The molecule has 0 spiro atoms. The Morgan fingerprint density at radius 3 is 2.57 bits per heavy atom. The van der Waals surface area contributed by atoms with Gasteiger partial charge in [-0.1, -0.05) is 0 Å². The Morgan fingerprint density at radius 2 is 2.14 bits per heavy atom. The highest BCUT2D eigenvalue weighted by molar-refractivity contribution is 4.94. The molecule has 82 valence electrons. The van der Waals surface area contributed by atoms with E-state index in [2.05, 4.69) is 5.32 Å². The molecule has 2 aliphatic rings. The number of hydrogen-bond acceptors (Lipinski definition) is 3. The van der Waals surface area contributed by atoms with Crippen LogP contribution in [0.5, 0.6) is 0 Å². The molecule has 0 unspecified atom stereocenters. The molecule has 2 atom stereocenters. The lowest BCUT2D eigenvalue weighted by atomic mass is 9.80. The summed E-state index contributed by atoms with van der Waals surface area (Å²) in [5.74, 6) is 0. The molecular weight excluding hydrogens is 178 g/mol. The average Bonchev–Trinajstić information content (AvgIpc) is 2.51. The quantitative estimate of drug-likeness (QED) is 0.711. The van der Waals surface area contributed by atoms with E-state index in [0.717, 1.165) is 25.8 Å². The Morgan fingerprint density at radius 1 is 1.36 bits per heavy atom. The molecule has 2 fully saturated rings. The zero-order valence-electron chi connectivity index (χ0n) is 8.96. The molecule has 0 saturated heterocycles. The highest BCUT2D eigenvalue weighted by atomic mass is 16.5. The van der Waals surface area contributed by atoms with E-state index in [1.807, 2.05) is 0 Å². The second kappa shape index (κ2) is 4.17. The summed E-state index contributed by atoms with van der Waals surface area (Å²) in [4.78, 5) is 0. The molecule has 2 N–H and O–H groups in total. The predicted molar refractivity (Wildman–Crippen MR) is 55.2 cm³/mol. The van der Waals surface area contributed by atoms with Crippen LogP contribution < -0.4 is 5.32 Å². The molecule has 2 aliphatic carbocycles. The summed E-state index contributed by atoms with van der Waals surface area (Å²) in [6.07, 6.45) is 6.70. The fraction of sp³-hybridized carbons (Fsp3) is 1.00. The Balaban J connectivity index is 1.75. The lowest BCUT2D eigenvalue weighted by molar-refractivity contribution is -0.0723. The first-order valence-corrected chi connectivity index (χ1v) is 5.72. The summed E-state index contributed by atoms with van der Waals surface area (Å²) in [7, 11) is 1.80. The van der Waals surface area contributed by atoms with Gasteiger partial charge in [0.1, 0.15) is 0 Å². The second-order valence-electron chi connectivity index (χ2n) is 4.73. The Hall–Kier alpha value is -0.120. The van der Waals surface area contributed by atoms with Crippen molar-refractivity contribution in [3.8, 4) is 0 Å². The third-order valence-electron chi connectivity index (χ3n) is 3.86. The molecule has 0 aromatic carbocycles. The van der Waals surface area contributed by atoms with Crippen LogP contribution in [0.3, 0.4) is 0 Å². The fourth-order valence-corrected chi connectivity index (χ4v) is 2.52. The van der Waals surface area contributed by atoms with Crippen molar-refractivity contribution in [2.24, 2.45) is 0 Å². The molecule has 3 heteroatoms. The molecule has 0 amide bonds. The summed E-state index contributed by atoms with van der Waals surface area (Å²) in [6.45, 7) is 0.908. The van der Waals surface area contributed by atoms with Gasteiger partial charge in [-0.3, -0.25) is 0 Å². The van der Waals surface area contributed by atoms with Gasteiger partial charge in [-0.2, -0.15) is 0 Å². The van der Waals surface area contributed by atoms with E-state index in [1.54, 1.807) is 7.11 Å². The number of aliphatic hydroxyl groups excluding tert-OH is 1. The second-order valence-corrected chi connectivity index (χ2v) is 4.73. The molecule has 14 heavy (non-hydrogen) atoms. The van der Waals surface area contributed by atoms with Gasteiger partial charge in [0.05, 0.1) is 11.7 Å². The maximum atomic E-state index is 9.65.